The SMILES string of the molecule is CC(C)C(C)(C)OP(=O)(O)C(Cc1ccc(F)c(F)c1)c1sc2cccc(F)c2c1Br. The Morgan fingerprint density at radius 3 is 2.39 bits per heavy atom. The zero-order valence-corrected chi connectivity index (χ0v) is 20.8. The predicted molar refractivity (Wildman–Crippen MR) is 122 cm³/mol. The maximum absolute atomic E-state index is 14.4. The molecule has 0 aliphatic carbocycles. The molecule has 3 rings (SSSR count). The van der Waals surface area contributed by atoms with Crippen molar-refractivity contribution in [1.29, 1.82) is 0 Å². The van der Waals surface area contributed by atoms with Crippen LogP contribution in [0.4, 0.5) is 13.2 Å². The number of hydrogen-bond donors (Lipinski definition) is 1. The summed E-state index contributed by atoms with van der Waals surface area (Å²) in [6.07, 6.45) is -0.0911. The van der Waals surface area contributed by atoms with Gasteiger partial charge in [0.05, 0.1) is 5.60 Å². The van der Waals surface area contributed by atoms with Crippen LogP contribution in [0.2, 0.25) is 0 Å². The van der Waals surface area contributed by atoms with Gasteiger partial charge < -0.3 is 9.42 Å². The minimum Gasteiger partial charge on any atom is -0.324 e. The van der Waals surface area contributed by atoms with Gasteiger partial charge in [-0.05, 0) is 71.9 Å². The van der Waals surface area contributed by atoms with Gasteiger partial charge in [0, 0.05) is 19.4 Å². The Kier molecular flexibility index (Phi) is 7.09. The van der Waals surface area contributed by atoms with E-state index in [1.165, 1.54) is 23.5 Å². The molecule has 0 spiro atoms. The van der Waals surface area contributed by atoms with Crippen LogP contribution >= 0.6 is 34.9 Å². The highest BCUT2D eigenvalue weighted by Crippen LogP contribution is 2.63. The Labute approximate surface area is 191 Å². The van der Waals surface area contributed by atoms with E-state index >= 15 is 0 Å². The van der Waals surface area contributed by atoms with Gasteiger partial charge in [-0.2, -0.15) is 0 Å². The molecule has 3 aromatic rings. The standard InChI is InChI=1S/C22H23BrF3O3PS/c1-12(2)22(3,4)29-30(27,28)17(11-13-8-9-14(24)16(26)10-13)21-20(23)19-15(25)6-5-7-18(19)31-21/h5-10,12,17H,11H2,1-4H3,(H,27,28). The molecule has 3 nitrogen and oxygen atoms in total. The normalized spacial score (nSPS) is 15.4. The molecule has 0 saturated heterocycles. The molecule has 0 bridgehead atoms. The van der Waals surface area contributed by atoms with Gasteiger partial charge >= 0.3 is 7.60 Å². The first kappa shape index (κ1) is 24.5. The van der Waals surface area contributed by atoms with Crippen LogP contribution in [0.25, 0.3) is 10.1 Å². The Morgan fingerprint density at radius 2 is 1.81 bits per heavy atom. The summed E-state index contributed by atoms with van der Waals surface area (Å²) in [7, 11) is -4.35. The first-order valence-electron chi connectivity index (χ1n) is 9.67. The van der Waals surface area contributed by atoms with Crippen molar-refractivity contribution >= 4 is 44.9 Å². The average Bonchev–Trinajstić information content (AvgIpc) is 2.99. The zero-order chi connectivity index (χ0) is 23.1. The van der Waals surface area contributed by atoms with E-state index in [0.29, 0.717) is 25.0 Å². The van der Waals surface area contributed by atoms with Crippen molar-refractivity contribution in [3.8, 4) is 0 Å². The molecule has 0 saturated carbocycles. The summed E-state index contributed by atoms with van der Waals surface area (Å²) >= 11 is 4.56. The number of rotatable bonds is 7. The van der Waals surface area contributed by atoms with Crippen molar-refractivity contribution in [1.82, 2.24) is 0 Å². The topological polar surface area (TPSA) is 46.5 Å². The van der Waals surface area contributed by atoms with Gasteiger partial charge in [0.15, 0.2) is 11.6 Å². The van der Waals surface area contributed by atoms with Crippen molar-refractivity contribution < 1.29 is 27.2 Å². The lowest BCUT2D eigenvalue weighted by atomic mass is 9.95. The lowest BCUT2D eigenvalue weighted by Crippen LogP contribution is -2.30. The van der Waals surface area contributed by atoms with Gasteiger partial charge in [0.25, 0.3) is 0 Å². The molecule has 0 fully saturated rings. The third-order valence-corrected chi connectivity index (χ3v) is 9.99. The van der Waals surface area contributed by atoms with Crippen LogP contribution in [0.1, 0.15) is 43.8 Å². The van der Waals surface area contributed by atoms with Crippen molar-refractivity contribution in [2.75, 3.05) is 0 Å². The third-order valence-electron chi connectivity index (χ3n) is 5.50. The van der Waals surface area contributed by atoms with Crippen LogP contribution in [0.15, 0.2) is 40.9 Å². The van der Waals surface area contributed by atoms with Gasteiger partial charge in [-0.1, -0.05) is 26.0 Å². The molecule has 2 aromatic carbocycles. The second-order valence-corrected chi connectivity index (χ2v) is 12.1. The van der Waals surface area contributed by atoms with Crippen molar-refractivity contribution in [3.63, 3.8) is 0 Å². The molecule has 168 valence electrons. The maximum Gasteiger partial charge on any atom is 0.337 e. The molecule has 1 aromatic heterocycles. The first-order valence-corrected chi connectivity index (χ1v) is 12.9. The monoisotopic (exact) mass is 534 g/mol. The lowest BCUT2D eigenvalue weighted by molar-refractivity contribution is 0.0449. The van der Waals surface area contributed by atoms with Crippen LogP contribution in [0.5, 0.6) is 0 Å². The van der Waals surface area contributed by atoms with Gasteiger partial charge in [-0.25, -0.2) is 13.2 Å². The zero-order valence-electron chi connectivity index (χ0n) is 17.5. The highest BCUT2D eigenvalue weighted by Gasteiger charge is 2.42. The van der Waals surface area contributed by atoms with E-state index in [0.717, 1.165) is 12.1 Å². The summed E-state index contributed by atoms with van der Waals surface area (Å²) in [6.45, 7) is 7.17. The Balaban J connectivity index is 2.14. The Bertz CT molecular complexity index is 1160. The van der Waals surface area contributed by atoms with Crippen molar-refractivity contribution in [2.45, 2.75) is 45.4 Å². The number of fused-ring (bicyclic) bond motifs is 1. The molecule has 0 amide bonds. The summed E-state index contributed by atoms with van der Waals surface area (Å²) in [5, 5.41) is 0.306. The maximum atomic E-state index is 14.4. The molecule has 2 unspecified atom stereocenters. The molecule has 2 atom stereocenters. The largest absolute Gasteiger partial charge is 0.337 e. The summed E-state index contributed by atoms with van der Waals surface area (Å²) < 4.78 is 61.9. The number of thiophene rings is 1. The summed E-state index contributed by atoms with van der Waals surface area (Å²) in [6, 6.07) is 7.92. The van der Waals surface area contributed by atoms with Crippen molar-refractivity contribution in [2.24, 2.45) is 5.92 Å². The van der Waals surface area contributed by atoms with Crippen LogP contribution in [-0.4, -0.2) is 10.5 Å². The van der Waals surface area contributed by atoms with Gasteiger partial charge in [0.1, 0.15) is 11.5 Å². The smallest absolute Gasteiger partial charge is 0.324 e. The van der Waals surface area contributed by atoms with Crippen LogP contribution in [0.3, 0.4) is 0 Å². The van der Waals surface area contributed by atoms with Crippen LogP contribution in [-0.2, 0) is 15.5 Å². The molecular weight excluding hydrogens is 512 g/mol. The van der Waals surface area contributed by atoms with E-state index in [1.54, 1.807) is 26.0 Å². The van der Waals surface area contributed by atoms with Crippen molar-refractivity contribution in [3.05, 3.63) is 68.8 Å². The summed E-state index contributed by atoms with van der Waals surface area (Å²) in [5.74, 6) is -2.58. The lowest BCUT2D eigenvalue weighted by Gasteiger charge is -2.34. The highest BCUT2D eigenvalue weighted by molar-refractivity contribution is 9.10. The minimum absolute atomic E-state index is 0.0693. The fraction of sp³-hybridized carbons (Fsp3) is 0.364. The Hall–Kier alpha value is -1.18. The number of hydrogen-bond acceptors (Lipinski definition) is 3. The van der Waals surface area contributed by atoms with Gasteiger partial charge in [0.2, 0.25) is 0 Å². The quantitative estimate of drug-likeness (QED) is 0.312. The predicted octanol–water partition coefficient (Wildman–Crippen LogP) is 8.00. The molecule has 0 aliphatic rings. The molecule has 9 heteroatoms. The van der Waals surface area contributed by atoms with Gasteiger partial charge in [-0.15, -0.1) is 11.3 Å². The first-order chi connectivity index (χ1) is 14.3. The summed E-state index contributed by atoms with van der Waals surface area (Å²) in [4.78, 5) is 11.5. The second-order valence-electron chi connectivity index (χ2n) is 8.28. The summed E-state index contributed by atoms with van der Waals surface area (Å²) in [5.41, 5.74) is -1.71. The van der Waals surface area contributed by atoms with E-state index in [2.05, 4.69) is 15.9 Å². The Morgan fingerprint density at radius 1 is 1.13 bits per heavy atom. The highest BCUT2D eigenvalue weighted by atomic mass is 79.9. The molecule has 0 aliphatic heterocycles. The molecule has 1 N–H and O–H groups in total. The van der Waals surface area contributed by atoms with E-state index in [-0.39, 0.29) is 12.3 Å². The third kappa shape index (κ3) is 5.09. The number of halogens is 4. The van der Waals surface area contributed by atoms with Crippen LogP contribution in [0, 0.1) is 23.4 Å². The van der Waals surface area contributed by atoms with E-state index in [4.69, 9.17) is 4.52 Å². The van der Waals surface area contributed by atoms with Crippen LogP contribution < -0.4 is 0 Å². The molecule has 0 radical (unpaired) electrons. The molecular formula is C22H23BrF3O3PS. The van der Waals surface area contributed by atoms with E-state index < -0.39 is 36.3 Å². The fourth-order valence-corrected chi connectivity index (χ4v) is 7.82. The molecule has 1 heterocycles. The van der Waals surface area contributed by atoms with Gasteiger partial charge in [-0.3, -0.25) is 4.57 Å². The number of benzene rings is 2. The van der Waals surface area contributed by atoms with E-state index in [1.807, 2.05) is 13.8 Å². The molecule has 31 heavy (non-hydrogen) atoms. The second kappa shape index (κ2) is 8.99. The van der Waals surface area contributed by atoms with E-state index in [9.17, 15) is 22.6 Å². The average molecular weight is 535 g/mol. The fourth-order valence-electron chi connectivity index (χ4n) is 3.06. The minimum atomic E-state index is -4.35.